The van der Waals surface area contributed by atoms with Crippen LogP contribution in [0.2, 0.25) is 5.02 Å². The molecule has 1 amide bonds. The fourth-order valence-electron chi connectivity index (χ4n) is 2.57. The molecule has 0 atom stereocenters. The van der Waals surface area contributed by atoms with Gasteiger partial charge in [0.2, 0.25) is 0 Å². The Labute approximate surface area is 157 Å². The van der Waals surface area contributed by atoms with E-state index >= 15 is 0 Å². The average molecular weight is 376 g/mol. The highest BCUT2D eigenvalue weighted by Crippen LogP contribution is 2.19. The van der Waals surface area contributed by atoms with Crippen LogP contribution in [0.1, 0.15) is 33.7 Å². The lowest BCUT2D eigenvalue weighted by Gasteiger charge is -2.07. The molecule has 0 aliphatic rings. The Balaban J connectivity index is 2.02. The summed E-state index contributed by atoms with van der Waals surface area (Å²) in [5.74, 6) is -0.597. The maximum absolute atomic E-state index is 12.5. The van der Waals surface area contributed by atoms with Crippen molar-refractivity contribution < 1.29 is 14.3 Å². The van der Waals surface area contributed by atoms with Crippen molar-refractivity contribution in [2.75, 3.05) is 13.7 Å². The van der Waals surface area contributed by atoms with Crippen molar-refractivity contribution in [1.29, 1.82) is 0 Å². The second-order valence-corrected chi connectivity index (χ2v) is 6.17. The van der Waals surface area contributed by atoms with Gasteiger partial charge in [-0.1, -0.05) is 35.9 Å². The average Bonchev–Trinajstić information content (AvgIpc) is 2.89. The number of amides is 1. The molecule has 2 rings (SSSR count). The summed E-state index contributed by atoms with van der Waals surface area (Å²) < 4.78 is 6.29. The molecule has 0 radical (unpaired) electrons. The molecular weight excluding hydrogens is 354 g/mol. The number of aryl methyl sites for hydroxylation is 1. The number of aromatic nitrogens is 2. The van der Waals surface area contributed by atoms with Crippen molar-refractivity contribution >= 4 is 23.5 Å². The lowest BCUT2D eigenvalue weighted by Crippen LogP contribution is -2.25. The van der Waals surface area contributed by atoms with Crippen molar-refractivity contribution in [3.8, 4) is 0 Å². The molecular formula is C19H22ClN3O3. The van der Waals surface area contributed by atoms with Gasteiger partial charge in [0.1, 0.15) is 0 Å². The molecule has 138 valence electrons. The number of ether oxygens (including phenoxy) is 1. The summed E-state index contributed by atoms with van der Waals surface area (Å²) in [7, 11) is 1.32. The van der Waals surface area contributed by atoms with E-state index in [1.165, 1.54) is 13.2 Å². The summed E-state index contributed by atoms with van der Waals surface area (Å²) in [5, 5.41) is 7.98. The standard InChI is InChI=1S/C19H22ClN3O3/c1-13-18(19(25)21-11-7-6-10-17(24)26-3)14(2)23(22-13)12-15-8-4-5-9-16(15)20/h4-6,8-10H,7,11-12H2,1-3H3,(H,21,25)/b10-6+. The molecule has 0 bridgehead atoms. The van der Waals surface area contributed by atoms with Crippen LogP contribution in [0.3, 0.4) is 0 Å². The van der Waals surface area contributed by atoms with Crippen LogP contribution in [0.4, 0.5) is 0 Å². The molecule has 0 unspecified atom stereocenters. The van der Waals surface area contributed by atoms with E-state index < -0.39 is 5.97 Å². The lowest BCUT2D eigenvalue weighted by molar-refractivity contribution is -0.134. The van der Waals surface area contributed by atoms with Gasteiger partial charge in [-0.2, -0.15) is 5.10 Å². The molecule has 1 N–H and O–H groups in total. The SMILES string of the molecule is COC(=O)/C=C/CCNC(=O)c1c(C)nn(Cc2ccccc2Cl)c1C. The maximum Gasteiger partial charge on any atom is 0.330 e. The van der Waals surface area contributed by atoms with Gasteiger partial charge in [0.25, 0.3) is 5.91 Å². The van der Waals surface area contributed by atoms with Crippen LogP contribution >= 0.6 is 11.6 Å². The number of carbonyl (C=O) groups is 2. The Bertz CT molecular complexity index is 827. The number of esters is 1. The quantitative estimate of drug-likeness (QED) is 0.458. The van der Waals surface area contributed by atoms with Crippen molar-refractivity contribution in [3.05, 3.63) is 64.0 Å². The number of nitrogens with zero attached hydrogens (tertiary/aromatic N) is 2. The summed E-state index contributed by atoms with van der Waals surface area (Å²) >= 11 is 6.21. The van der Waals surface area contributed by atoms with Crippen molar-refractivity contribution in [3.63, 3.8) is 0 Å². The van der Waals surface area contributed by atoms with Crippen LogP contribution in [0, 0.1) is 13.8 Å². The minimum atomic E-state index is -0.413. The predicted molar refractivity (Wildman–Crippen MR) is 100 cm³/mol. The number of rotatable bonds is 7. The van der Waals surface area contributed by atoms with Gasteiger partial charge in [0.05, 0.1) is 24.9 Å². The molecule has 0 spiro atoms. The van der Waals surface area contributed by atoms with Gasteiger partial charge in [-0.15, -0.1) is 0 Å². The number of hydrogen-bond acceptors (Lipinski definition) is 4. The second kappa shape index (κ2) is 9.20. The van der Waals surface area contributed by atoms with E-state index in [2.05, 4.69) is 15.2 Å². The van der Waals surface area contributed by atoms with E-state index in [0.29, 0.717) is 35.8 Å². The fourth-order valence-corrected chi connectivity index (χ4v) is 2.77. The van der Waals surface area contributed by atoms with Gasteiger partial charge >= 0.3 is 5.97 Å². The summed E-state index contributed by atoms with van der Waals surface area (Å²) in [5.41, 5.74) is 2.95. The Morgan fingerprint density at radius 2 is 2.04 bits per heavy atom. The van der Waals surface area contributed by atoms with Crippen molar-refractivity contribution in [2.24, 2.45) is 0 Å². The van der Waals surface area contributed by atoms with E-state index in [1.54, 1.807) is 10.8 Å². The zero-order valence-electron chi connectivity index (χ0n) is 15.1. The third-order valence-corrected chi connectivity index (χ3v) is 4.31. The summed E-state index contributed by atoms with van der Waals surface area (Å²) in [4.78, 5) is 23.4. The first-order chi connectivity index (χ1) is 12.4. The molecule has 1 aromatic carbocycles. The van der Waals surface area contributed by atoms with Gasteiger partial charge < -0.3 is 10.1 Å². The highest BCUT2D eigenvalue weighted by atomic mass is 35.5. The first-order valence-corrected chi connectivity index (χ1v) is 8.62. The van der Waals surface area contributed by atoms with Gasteiger partial charge in [-0.25, -0.2) is 4.79 Å². The summed E-state index contributed by atoms with van der Waals surface area (Å²) in [6, 6.07) is 7.56. The lowest BCUT2D eigenvalue weighted by atomic mass is 10.1. The van der Waals surface area contributed by atoms with Crippen LogP contribution < -0.4 is 5.32 Å². The molecule has 0 aliphatic carbocycles. The molecule has 0 fully saturated rings. The van der Waals surface area contributed by atoms with Crippen LogP contribution in [0.5, 0.6) is 0 Å². The maximum atomic E-state index is 12.5. The summed E-state index contributed by atoms with van der Waals surface area (Å²) in [6.45, 7) is 4.59. The minimum Gasteiger partial charge on any atom is -0.466 e. The molecule has 6 nitrogen and oxygen atoms in total. The molecule has 2 aromatic rings. The monoisotopic (exact) mass is 375 g/mol. The molecule has 7 heteroatoms. The van der Waals surface area contributed by atoms with Crippen LogP contribution in [0.15, 0.2) is 36.4 Å². The Morgan fingerprint density at radius 3 is 2.73 bits per heavy atom. The molecule has 0 aliphatic heterocycles. The number of carbonyl (C=O) groups excluding carboxylic acids is 2. The molecule has 1 aromatic heterocycles. The van der Waals surface area contributed by atoms with Gasteiger partial charge in [0, 0.05) is 23.3 Å². The third-order valence-electron chi connectivity index (χ3n) is 3.94. The topological polar surface area (TPSA) is 73.2 Å². The first-order valence-electron chi connectivity index (χ1n) is 8.24. The molecule has 1 heterocycles. The van der Waals surface area contributed by atoms with Gasteiger partial charge in [-0.3, -0.25) is 9.48 Å². The largest absolute Gasteiger partial charge is 0.466 e. The highest BCUT2D eigenvalue weighted by molar-refractivity contribution is 6.31. The number of halogens is 1. The third kappa shape index (κ3) is 4.95. The Kier molecular flexibility index (Phi) is 6.97. The van der Waals surface area contributed by atoms with Crippen LogP contribution in [0.25, 0.3) is 0 Å². The van der Waals surface area contributed by atoms with Crippen molar-refractivity contribution in [2.45, 2.75) is 26.8 Å². The number of benzene rings is 1. The Hall–Kier alpha value is -2.60. The second-order valence-electron chi connectivity index (χ2n) is 5.76. The van der Waals surface area contributed by atoms with Crippen LogP contribution in [-0.2, 0) is 16.1 Å². The van der Waals surface area contributed by atoms with E-state index in [9.17, 15) is 9.59 Å². The number of nitrogens with one attached hydrogen (secondary N) is 1. The zero-order valence-corrected chi connectivity index (χ0v) is 15.8. The minimum absolute atomic E-state index is 0.183. The molecule has 0 saturated carbocycles. The highest BCUT2D eigenvalue weighted by Gasteiger charge is 2.18. The van der Waals surface area contributed by atoms with E-state index in [-0.39, 0.29) is 5.91 Å². The first kappa shape index (κ1) is 19.7. The zero-order chi connectivity index (χ0) is 19.1. The van der Waals surface area contributed by atoms with E-state index in [0.717, 1.165) is 11.3 Å². The smallest absolute Gasteiger partial charge is 0.330 e. The summed E-state index contributed by atoms with van der Waals surface area (Å²) in [6.07, 6.45) is 3.53. The Morgan fingerprint density at radius 1 is 1.31 bits per heavy atom. The van der Waals surface area contributed by atoms with Gasteiger partial charge in [0.15, 0.2) is 0 Å². The fraction of sp³-hybridized carbons (Fsp3) is 0.316. The molecule has 26 heavy (non-hydrogen) atoms. The van der Waals surface area contributed by atoms with Gasteiger partial charge in [-0.05, 0) is 31.9 Å². The van der Waals surface area contributed by atoms with E-state index in [1.807, 2.05) is 38.1 Å². The number of methoxy groups -OCH3 is 1. The number of hydrogen-bond donors (Lipinski definition) is 1. The normalized spacial score (nSPS) is 10.9. The van der Waals surface area contributed by atoms with Crippen LogP contribution in [-0.4, -0.2) is 35.3 Å². The predicted octanol–water partition coefficient (Wildman–Crippen LogP) is 3.05. The van der Waals surface area contributed by atoms with Crippen molar-refractivity contribution in [1.82, 2.24) is 15.1 Å². The molecule has 0 saturated heterocycles. The van der Waals surface area contributed by atoms with E-state index in [4.69, 9.17) is 11.6 Å².